The Morgan fingerprint density at radius 1 is 1.27 bits per heavy atom. The number of aryl methyl sites for hydroxylation is 3. The zero-order valence-corrected chi connectivity index (χ0v) is 18.0. The molecule has 1 saturated heterocycles. The molecule has 1 aliphatic heterocycles. The standard InChI is InChI=1S/C23H28N4O3/c1-5-29-19-11-7-6-10-18(19)26-22(28)17-9-8-12-27(13-17)21-20-14(2)15(3)30-23(20)25-16(4)24-21/h6-7,10-11,17H,5,8-9,12-13H2,1-4H3,(H,26,28). The summed E-state index contributed by atoms with van der Waals surface area (Å²) in [7, 11) is 0. The van der Waals surface area contributed by atoms with Crippen LogP contribution < -0.4 is 15.0 Å². The van der Waals surface area contributed by atoms with Gasteiger partial charge >= 0.3 is 0 Å². The van der Waals surface area contributed by atoms with E-state index in [4.69, 9.17) is 14.1 Å². The molecule has 30 heavy (non-hydrogen) atoms. The van der Waals surface area contributed by atoms with Gasteiger partial charge in [-0.2, -0.15) is 4.98 Å². The Hall–Kier alpha value is -3.09. The van der Waals surface area contributed by atoms with Gasteiger partial charge in [0.1, 0.15) is 23.2 Å². The third-order valence-electron chi connectivity index (χ3n) is 5.66. The second-order valence-corrected chi connectivity index (χ2v) is 7.76. The van der Waals surface area contributed by atoms with Gasteiger partial charge in [0.05, 0.1) is 23.6 Å². The van der Waals surface area contributed by atoms with Gasteiger partial charge in [0.2, 0.25) is 11.6 Å². The second-order valence-electron chi connectivity index (χ2n) is 7.76. The maximum Gasteiger partial charge on any atom is 0.231 e. The second kappa shape index (κ2) is 8.34. The van der Waals surface area contributed by atoms with Crippen LogP contribution in [-0.2, 0) is 4.79 Å². The average molecular weight is 409 g/mol. The van der Waals surface area contributed by atoms with E-state index in [1.807, 2.05) is 52.0 Å². The minimum Gasteiger partial charge on any atom is -0.492 e. The van der Waals surface area contributed by atoms with Crippen LogP contribution >= 0.6 is 0 Å². The van der Waals surface area contributed by atoms with Crippen molar-refractivity contribution >= 4 is 28.5 Å². The Morgan fingerprint density at radius 3 is 2.87 bits per heavy atom. The first-order chi connectivity index (χ1) is 14.5. The maximum atomic E-state index is 13.1. The molecule has 1 unspecified atom stereocenters. The van der Waals surface area contributed by atoms with E-state index in [0.717, 1.165) is 41.9 Å². The average Bonchev–Trinajstić information content (AvgIpc) is 3.02. The van der Waals surface area contributed by atoms with Crippen LogP contribution in [0.5, 0.6) is 5.75 Å². The van der Waals surface area contributed by atoms with Crippen LogP contribution in [0.2, 0.25) is 0 Å². The molecule has 7 heteroatoms. The molecule has 3 aromatic rings. The Kier molecular flexibility index (Phi) is 5.61. The smallest absolute Gasteiger partial charge is 0.231 e. The number of ether oxygens (including phenoxy) is 1. The summed E-state index contributed by atoms with van der Waals surface area (Å²) in [6, 6.07) is 7.55. The predicted octanol–water partition coefficient (Wildman–Crippen LogP) is 4.40. The molecule has 0 aliphatic carbocycles. The van der Waals surface area contributed by atoms with Crippen molar-refractivity contribution < 1.29 is 13.9 Å². The number of amides is 1. The highest BCUT2D eigenvalue weighted by Crippen LogP contribution is 2.34. The minimum absolute atomic E-state index is 0.00831. The number of hydrogen-bond acceptors (Lipinski definition) is 6. The van der Waals surface area contributed by atoms with Crippen molar-refractivity contribution in [3.8, 4) is 5.75 Å². The lowest BCUT2D eigenvalue weighted by molar-refractivity contribution is -0.120. The van der Waals surface area contributed by atoms with Crippen LogP contribution in [0.1, 0.15) is 36.9 Å². The number of piperidine rings is 1. The number of furan rings is 1. The summed E-state index contributed by atoms with van der Waals surface area (Å²) in [6.45, 7) is 9.79. The van der Waals surface area contributed by atoms with Crippen molar-refractivity contribution in [2.75, 3.05) is 29.9 Å². The van der Waals surface area contributed by atoms with E-state index in [1.165, 1.54) is 0 Å². The number of hydrogen-bond donors (Lipinski definition) is 1. The van der Waals surface area contributed by atoms with E-state index >= 15 is 0 Å². The van der Waals surface area contributed by atoms with Crippen molar-refractivity contribution in [3.05, 3.63) is 41.4 Å². The summed E-state index contributed by atoms with van der Waals surface area (Å²) in [5.74, 6) is 2.95. The number of rotatable bonds is 5. The first-order valence-electron chi connectivity index (χ1n) is 10.5. The quantitative estimate of drug-likeness (QED) is 0.674. The lowest BCUT2D eigenvalue weighted by atomic mass is 9.96. The van der Waals surface area contributed by atoms with E-state index in [-0.39, 0.29) is 11.8 Å². The first kappa shape index (κ1) is 20.2. The minimum atomic E-state index is -0.132. The van der Waals surface area contributed by atoms with Gasteiger partial charge < -0.3 is 19.4 Å². The number of carbonyl (C=O) groups is 1. The zero-order chi connectivity index (χ0) is 21.3. The number of carbonyl (C=O) groups excluding carboxylic acids is 1. The molecule has 1 fully saturated rings. The molecule has 1 N–H and O–H groups in total. The van der Waals surface area contributed by atoms with Crippen LogP contribution in [0.4, 0.5) is 11.5 Å². The van der Waals surface area contributed by atoms with Gasteiger partial charge in [0.15, 0.2) is 0 Å². The van der Waals surface area contributed by atoms with Crippen molar-refractivity contribution in [2.45, 2.75) is 40.5 Å². The summed E-state index contributed by atoms with van der Waals surface area (Å²) >= 11 is 0. The van der Waals surface area contributed by atoms with E-state index in [1.54, 1.807) is 0 Å². The van der Waals surface area contributed by atoms with Gasteiger partial charge in [-0.1, -0.05) is 12.1 Å². The van der Waals surface area contributed by atoms with Gasteiger partial charge in [0, 0.05) is 18.7 Å². The molecule has 3 heterocycles. The topological polar surface area (TPSA) is 80.5 Å². The third-order valence-corrected chi connectivity index (χ3v) is 5.66. The van der Waals surface area contributed by atoms with Crippen molar-refractivity contribution in [2.24, 2.45) is 5.92 Å². The fourth-order valence-electron chi connectivity index (χ4n) is 4.03. The highest BCUT2D eigenvalue weighted by atomic mass is 16.5. The lowest BCUT2D eigenvalue weighted by Crippen LogP contribution is -2.41. The van der Waals surface area contributed by atoms with Crippen molar-refractivity contribution in [1.29, 1.82) is 0 Å². The van der Waals surface area contributed by atoms with Crippen molar-refractivity contribution in [3.63, 3.8) is 0 Å². The van der Waals surface area contributed by atoms with E-state index in [9.17, 15) is 4.79 Å². The first-order valence-corrected chi connectivity index (χ1v) is 10.5. The van der Waals surface area contributed by atoms with Crippen LogP contribution in [0, 0.1) is 26.7 Å². The number of nitrogens with one attached hydrogen (secondary N) is 1. The normalized spacial score (nSPS) is 16.7. The molecular weight excluding hydrogens is 380 g/mol. The van der Waals surface area contributed by atoms with Gasteiger partial charge in [-0.05, 0) is 52.7 Å². The molecule has 1 aromatic carbocycles. The molecule has 0 spiro atoms. The molecular formula is C23H28N4O3. The van der Waals surface area contributed by atoms with Crippen LogP contribution in [0.15, 0.2) is 28.7 Å². The Bertz CT molecular complexity index is 1080. The number of fused-ring (bicyclic) bond motifs is 1. The Labute approximate surface area is 176 Å². The number of nitrogens with zero attached hydrogens (tertiary/aromatic N) is 3. The summed E-state index contributed by atoms with van der Waals surface area (Å²) in [5.41, 5.74) is 2.38. The summed E-state index contributed by atoms with van der Waals surface area (Å²) in [6.07, 6.45) is 1.77. The van der Waals surface area contributed by atoms with Gasteiger partial charge in [0.25, 0.3) is 0 Å². The molecule has 0 bridgehead atoms. The molecule has 0 saturated carbocycles. The summed E-state index contributed by atoms with van der Waals surface area (Å²) in [4.78, 5) is 24.4. The number of aromatic nitrogens is 2. The summed E-state index contributed by atoms with van der Waals surface area (Å²) in [5, 5.41) is 4.00. The molecule has 158 valence electrons. The summed E-state index contributed by atoms with van der Waals surface area (Å²) < 4.78 is 11.5. The van der Waals surface area contributed by atoms with Crippen LogP contribution in [-0.4, -0.2) is 35.6 Å². The van der Waals surface area contributed by atoms with Crippen molar-refractivity contribution in [1.82, 2.24) is 9.97 Å². The van der Waals surface area contributed by atoms with Gasteiger partial charge in [-0.3, -0.25) is 4.79 Å². The maximum absolute atomic E-state index is 13.1. The highest BCUT2D eigenvalue weighted by molar-refractivity contribution is 5.95. The molecule has 1 amide bonds. The molecule has 4 rings (SSSR count). The molecule has 2 aromatic heterocycles. The third kappa shape index (κ3) is 3.84. The number of anilines is 2. The molecule has 7 nitrogen and oxygen atoms in total. The van der Waals surface area contributed by atoms with E-state index in [2.05, 4.69) is 15.2 Å². The van der Waals surface area contributed by atoms with E-state index < -0.39 is 0 Å². The van der Waals surface area contributed by atoms with E-state index in [0.29, 0.717) is 36.1 Å². The molecule has 1 aliphatic rings. The van der Waals surface area contributed by atoms with Gasteiger partial charge in [-0.15, -0.1) is 0 Å². The Morgan fingerprint density at radius 2 is 2.07 bits per heavy atom. The fraction of sp³-hybridized carbons (Fsp3) is 0.435. The van der Waals surface area contributed by atoms with Crippen LogP contribution in [0.3, 0.4) is 0 Å². The monoisotopic (exact) mass is 408 g/mol. The van der Waals surface area contributed by atoms with Crippen LogP contribution in [0.25, 0.3) is 11.1 Å². The SMILES string of the molecule is CCOc1ccccc1NC(=O)C1CCCN(c2nc(C)nc3oc(C)c(C)c23)C1. The lowest BCUT2D eigenvalue weighted by Gasteiger charge is -2.33. The number of benzene rings is 1. The predicted molar refractivity (Wildman–Crippen MR) is 117 cm³/mol. The number of para-hydroxylation sites is 2. The molecule has 1 atom stereocenters. The largest absolute Gasteiger partial charge is 0.492 e. The van der Waals surface area contributed by atoms with Gasteiger partial charge in [-0.25, -0.2) is 4.98 Å². The molecule has 0 radical (unpaired) electrons. The zero-order valence-electron chi connectivity index (χ0n) is 18.0. The fourth-order valence-corrected chi connectivity index (χ4v) is 4.03. The highest BCUT2D eigenvalue weighted by Gasteiger charge is 2.29. The Balaban J connectivity index is 1.57.